The number of hydrogen-bond acceptors (Lipinski definition) is 3. The van der Waals surface area contributed by atoms with Crippen LogP contribution in [0.4, 0.5) is 0 Å². The summed E-state index contributed by atoms with van der Waals surface area (Å²) in [5, 5.41) is 3.19. The quantitative estimate of drug-likeness (QED) is 0.843. The molecule has 2 atom stereocenters. The van der Waals surface area contributed by atoms with Crippen molar-refractivity contribution in [2.75, 3.05) is 6.54 Å². The first kappa shape index (κ1) is 16.1. The molecule has 0 saturated heterocycles. The highest BCUT2D eigenvalue weighted by Crippen LogP contribution is 2.27. The molecule has 1 fully saturated rings. The Morgan fingerprint density at radius 3 is 3.05 bits per heavy atom. The molecule has 1 aliphatic carbocycles. The molecule has 1 amide bonds. The fourth-order valence-electron chi connectivity index (χ4n) is 2.90. The van der Waals surface area contributed by atoms with Gasteiger partial charge in [-0.05, 0) is 37.3 Å². The minimum atomic E-state index is 0.0469. The van der Waals surface area contributed by atoms with Crippen molar-refractivity contribution < 1.29 is 4.79 Å². The number of amides is 1. The van der Waals surface area contributed by atoms with E-state index in [9.17, 15) is 4.79 Å². The lowest BCUT2D eigenvalue weighted by molar-refractivity contribution is 0.0923. The van der Waals surface area contributed by atoms with E-state index in [0.717, 1.165) is 34.1 Å². The van der Waals surface area contributed by atoms with Gasteiger partial charge in [0.2, 0.25) is 0 Å². The van der Waals surface area contributed by atoms with Gasteiger partial charge in [0.1, 0.15) is 0 Å². The second-order valence-electron chi connectivity index (χ2n) is 5.74. The molecule has 3 N–H and O–H groups in total. The van der Waals surface area contributed by atoms with E-state index < -0.39 is 0 Å². The van der Waals surface area contributed by atoms with Crippen molar-refractivity contribution in [3.63, 3.8) is 0 Å². The summed E-state index contributed by atoms with van der Waals surface area (Å²) in [6.07, 6.45) is 5.96. The summed E-state index contributed by atoms with van der Waals surface area (Å²) in [4.78, 5) is 14.1. The van der Waals surface area contributed by atoms with Gasteiger partial charge in [0.25, 0.3) is 5.91 Å². The van der Waals surface area contributed by atoms with Crippen molar-refractivity contribution in [2.24, 2.45) is 11.7 Å². The van der Waals surface area contributed by atoms with Gasteiger partial charge in [0.05, 0.1) is 16.3 Å². The van der Waals surface area contributed by atoms with Gasteiger partial charge in [0, 0.05) is 6.04 Å². The van der Waals surface area contributed by atoms with Gasteiger partial charge in [-0.1, -0.05) is 38.0 Å². The van der Waals surface area contributed by atoms with Gasteiger partial charge in [-0.25, -0.2) is 0 Å². The first-order valence-corrected chi connectivity index (χ1v) is 8.56. The molecule has 1 aromatic rings. The molecule has 3 nitrogen and oxygen atoms in total. The second-order valence-corrected chi connectivity index (χ2v) is 6.79. The summed E-state index contributed by atoms with van der Waals surface area (Å²) in [5.74, 6) is 6.69. The molecule has 4 heteroatoms. The van der Waals surface area contributed by atoms with E-state index in [1.807, 2.05) is 13.0 Å². The smallest absolute Gasteiger partial charge is 0.261 e. The zero-order valence-electron chi connectivity index (χ0n) is 12.9. The molecule has 0 aromatic carbocycles. The monoisotopic (exact) mass is 304 g/mol. The maximum absolute atomic E-state index is 12.4. The number of thiophene rings is 1. The van der Waals surface area contributed by atoms with E-state index in [0.29, 0.717) is 12.6 Å². The number of nitrogens with one attached hydrogen (secondary N) is 1. The van der Waals surface area contributed by atoms with E-state index in [-0.39, 0.29) is 5.91 Å². The standard InChI is InChI=1S/C17H24N2OS/c1-3-13-6-4-7-14(11-13)19-17(20)16-10-12(2)15(21-16)8-5-9-18/h10,13-14H,3-4,6-7,9,11,18H2,1-2H3,(H,19,20). The van der Waals surface area contributed by atoms with Crippen molar-refractivity contribution in [2.45, 2.75) is 52.0 Å². The summed E-state index contributed by atoms with van der Waals surface area (Å²) < 4.78 is 0. The average Bonchev–Trinajstić information content (AvgIpc) is 2.86. The van der Waals surface area contributed by atoms with E-state index in [2.05, 4.69) is 24.1 Å². The van der Waals surface area contributed by atoms with Gasteiger partial charge < -0.3 is 11.1 Å². The molecule has 1 aromatic heterocycles. The number of nitrogens with two attached hydrogens (primary N) is 1. The summed E-state index contributed by atoms with van der Waals surface area (Å²) >= 11 is 1.46. The van der Waals surface area contributed by atoms with Crippen molar-refractivity contribution in [1.82, 2.24) is 5.32 Å². The highest BCUT2D eigenvalue weighted by Gasteiger charge is 2.23. The Labute approximate surface area is 131 Å². The fraction of sp³-hybridized carbons (Fsp3) is 0.588. The van der Waals surface area contributed by atoms with E-state index >= 15 is 0 Å². The molecule has 1 saturated carbocycles. The second kappa shape index (κ2) is 7.63. The Hall–Kier alpha value is -1.31. The van der Waals surface area contributed by atoms with Crippen LogP contribution in [0, 0.1) is 24.7 Å². The summed E-state index contributed by atoms with van der Waals surface area (Å²) in [7, 11) is 0. The normalized spacial score (nSPS) is 21.5. The SMILES string of the molecule is CCC1CCCC(NC(=O)c2cc(C)c(C#CCN)s2)C1. The van der Waals surface area contributed by atoms with Crippen LogP contribution in [-0.2, 0) is 0 Å². The molecule has 0 spiro atoms. The van der Waals surface area contributed by atoms with Crippen LogP contribution in [0.3, 0.4) is 0 Å². The molecule has 21 heavy (non-hydrogen) atoms. The van der Waals surface area contributed by atoms with Crippen LogP contribution in [-0.4, -0.2) is 18.5 Å². The predicted molar refractivity (Wildman–Crippen MR) is 88.5 cm³/mol. The van der Waals surface area contributed by atoms with Gasteiger partial charge >= 0.3 is 0 Å². The molecule has 0 bridgehead atoms. The average molecular weight is 304 g/mol. The van der Waals surface area contributed by atoms with Crippen molar-refractivity contribution >= 4 is 17.2 Å². The van der Waals surface area contributed by atoms with Crippen molar-refractivity contribution in [3.05, 3.63) is 21.4 Å². The third-order valence-electron chi connectivity index (χ3n) is 4.14. The van der Waals surface area contributed by atoms with Crippen LogP contribution >= 0.6 is 11.3 Å². The zero-order valence-corrected chi connectivity index (χ0v) is 13.7. The molecular formula is C17H24N2OS. The molecule has 2 rings (SSSR count). The number of carbonyl (C=O) groups excluding carboxylic acids is 1. The lowest BCUT2D eigenvalue weighted by atomic mass is 9.84. The minimum Gasteiger partial charge on any atom is -0.349 e. The molecule has 2 unspecified atom stereocenters. The highest BCUT2D eigenvalue weighted by atomic mass is 32.1. The van der Waals surface area contributed by atoms with Crippen LogP contribution in [0.2, 0.25) is 0 Å². The van der Waals surface area contributed by atoms with Gasteiger partial charge in [-0.15, -0.1) is 11.3 Å². The Morgan fingerprint density at radius 2 is 2.33 bits per heavy atom. The Kier molecular flexibility index (Phi) is 5.84. The van der Waals surface area contributed by atoms with Gasteiger partial charge in [0.15, 0.2) is 0 Å². The minimum absolute atomic E-state index is 0.0469. The number of hydrogen-bond donors (Lipinski definition) is 2. The number of rotatable bonds is 3. The first-order chi connectivity index (χ1) is 10.1. The molecule has 0 radical (unpaired) electrons. The van der Waals surface area contributed by atoms with Crippen LogP contribution in [0.15, 0.2) is 6.07 Å². The summed E-state index contributed by atoms with van der Waals surface area (Å²) in [6, 6.07) is 2.26. The van der Waals surface area contributed by atoms with E-state index in [4.69, 9.17) is 5.73 Å². The Balaban J connectivity index is 2.00. The highest BCUT2D eigenvalue weighted by molar-refractivity contribution is 7.14. The lowest BCUT2D eigenvalue weighted by Gasteiger charge is -2.28. The van der Waals surface area contributed by atoms with Gasteiger partial charge in [-0.3, -0.25) is 4.79 Å². The Bertz CT molecular complexity index is 553. The fourth-order valence-corrected chi connectivity index (χ4v) is 3.85. The van der Waals surface area contributed by atoms with Crippen LogP contribution in [0.5, 0.6) is 0 Å². The number of aryl methyl sites for hydroxylation is 1. The van der Waals surface area contributed by atoms with Crippen LogP contribution in [0.1, 0.15) is 59.1 Å². The van der Waals surface area contributed by atoms with Crippen molar-refractivity contribution in [3.8, 4) is 11.8 Å². The largest absolute Gasteiger partial charge is 0.349 e. The zero-order chi connectivity index (χ0) is 15.2. The summed E-state index contributed by atoms with van der Waals surface area (Å²) in [6.45, 7) is 4.57. The third-order valence-corrected chi connectivity index (χ3v) is 5.29. The maximum Gasteiger partial charge on any atom is 0.261 e. The molecule has 0 aliphatic heterocycles. The first-order valence-electron chi connectivity index (χ1n) is 7.74. The van der Waals surface area contributed by atoms with Crippen molar-refractivity contribution in [1.29, 1.82) is 0 Å². The topological polar surface area (TPSA) is 55.1 Å². The molecule has 1 aliphatic rings. The number of carbonyl (C=O) groups is 1. The van der Waals surface area contributed by atoms with Crippen LogP contribution < -0.4 is 11.1 Å². The third kappa shape index (κ3) is 4.33. The van der Waals surface area contributed by atoms with E-state index in [1.165, 1.54) is 30.6 Å². The maximum atomic E-state index is 12.4. The molecule has 1 heterocycles. The molecule has 114 valence electrons. The van der Waals surface area contributed by atoms with E-state index in [1.54, 1.807) is 0 Å². The lowest BCUT2D eigenvalue weighted by Crippen LogP contribution is -2.38. The molecular weight excluding hydrogens is 280 g/mol. The summed E-state index contributed by atoms with van der Waals surface area (Å²) in [5.41, 5.74) is 6.45. The predicted octanol–water partition coefficient (Wildman–Crippen LogP) is 3.07. The van der Waals surface area contributed by atoms with Gasteiger partial charge in [-0.2, -0.15) is 0 Å². The van der Waals surface area contributed by atoms with Crippen LogP contribution in [0.25, 0.3) is 0 Å². The Morgan fingerprint density at radius 1 is 1.52 bits per heavy atom.